The van der Waals surface area contributed by atoms with Gasteiger partial charge in [-0.15, -0.1) is 0 Å². The molecule has 3 nitrogen and oxygen atoms in total. The molecule has 0 bridgehead atoms. The first-order valence-corrected chi connectivity index (χ1v) is 6.35. The Balaban J connectivity index is 1.45. The van der Waals surface area contributed by atoms with Crippen molar-refractivity contribution >= 4 is 0 Å². The second kappa shape index (κ2) is 5.83. The van der Waals surface area contributed by atoms with Crippen LogP contribution in [0.1, 0.15) is 25.7 Å². The predicted molar refractivity (Wildman–Crippen MR) is 62.1 cm³/mol. The lowest BCUT2D eigenvalue weighted by molar-refractivity contribution is -0.0180. The SMILES string of the molecule is CN1CCOC(CNCCCC2CC2)C1. The fourth-order valence-electron chi connectivity index (χ4n) is 2.18. The van der Waals surface area contributed by atoms with Crippen LogP contribution >= 0.6 is 0 Å². The maximum atomic E-state index is 5.68. The Morgan fingerprint density at radius 2 is 2.27 bits per heavy atom. The molecule has 1 aliphatic heterocycles. The monoisotopic (exact) mass is 212 g/mol. The van der Waals surface area contributed by atoms with Crippen molar-refractivity contribution in [3.05, 3.63) is 0 Å². The average Bonchev–Trinajstić information content (AvgIpc) is 3.01. The Hall–Kier alpha value is -0.120. The summed E-state index contributed by atoms with van der Waals surface area (Å²) < 4.78 is 5.68. The van der Waals surface area contributed by atoms with Gasteiger partial charge < -0.3 is 15.0 Å². The van der Waals surface area contributed by atoms with Gasteiger partial charge in [0.25, 0.3) is 0 Å². The van der Waals surface area contributed by atoms with Crippen molar-refractivity contribution in [2.75, 3.05) is 39.8 Å². The molecule has 2 fully saturated rings. The molecule has 1 unspecified atom stereocenters. The minimum absolute atomic E-state index is 0.407. The quantitative estimate of drug-likeness (QED) is 0.667. The third-order valence-corrected chi connectivity index (χ3v) is 3.38. The topological polar surface area (TPSA) is 24.5 Å². The highest BCUT2D eigenvalue weighted by Gasteiger charge is 2.20. The summed E-state index contributed by atoms with van der Waals surface area (Å²) in [6.07, 6.45) is 6.14. The van der Waals surface area contributed by atoms with Gasteiger partial charge in [-0.05, 0) is 32.4 Å². The normalized spacial score (nSPS) is 28.2. The van der Waals surface area contributed by atoms with E-state index in [1.54, 1.807) is 0 Å². The van der Waals surface area contributed by atoms with Crippen molar-refractivity contribution in [3.8, 4) is 0 Å². The second-order valence-corrected chi connectivity index (χ2v) is 5.04. The highest BCUT2D eigenvalue weighted by molar-refractivity contribution is 4.74. The van der Waals surface area contributed by atoms with E-state index in [0.29, 0.717) is 6.10 Å². The fourth-order valence-corrected chi connectivity index (χ4v) is 2.18. The molecule has 1 heterocycles. The zero-order chi connectivity index (χ0) is 10.5. The van der Waals surface area contributed by atoms with Crippen molar-refractivity contribution < 1.29 is 4.74 Å². The van der Waals surface area contributed by atoms with E-state index >= 15 is 0 Å². The molecule has 0 aromatic heterocycles. The Bertz CT molecular complexity index is 182. The molecule has 0 aromatic rings. The highest BCUT2D eigenvalue weighted by Crippen LogP contribution is 2.33. The molecule has 1 atom stereocenters. The standard InChI is InChI=1S/C12H24N2O/c1-14-7-8-15-12(10-14)9-13-6-2-3-11-4-5-11/h11-13H,2-10H2,1H3. The maximum absolute atomic E-state index is 5.68. The summed E-state index contributed by atoms with van der Waals surface area (Å²) in [4.78, 5) is 2.35. The van der Waals surface area contributed by atoms with Gasteiger partial charge in [-0.1, -0.05) is 12.8 Å². The summed E-state index contributed by atoms with van der Waals surface area (Å²) in [5.41, 5.74) is 0. The van der Waals surface area contributed by atoms with Gasteiger partial charge in [0.2, 0.25) is 0 Å². The molecule has 0 aromatic carbocycles. The van der Waals surface area contributed by atoms with Crippen LogP contribution in [0.2, 0.25) is 0 Å². The number of likely N-dealkylation sites (N-methyl/N-ethyl adjacent to an activating group) is 1. The minimum Gasteiger partial charge on any atom is -0.374 e. The lowest BCUT2D eigenvalue weighted by Gasteiger charge is -2.30. The van der Waals surface area contributed by atoms with Gasteiger partial charge in [-0.2, -0.15) is 0 Å². The van der Waals surface area contributed by atoms with Crippen LogP contribution in [-0.4, -0.2) is 50.8 Å². The van der Waals surface area contributed by atoms with Crippen molar-refractivity contribution in [1.29, 1.82) is 0 Å². The summed E-state index contributed by atoms with van der Waals surface area (Å²) in [6.45, 7) is 5.24. The van der Waals surface area contributed by atoms with Gasteiger partial charge in [0, 0.05) is 19.6 Å². The third kappa shape index (κ3) is 4.49. The van der Waals surface area contributed by atoms with Gasteiger partial charge >= 0.3 is 0 Å². The van der Waals surface area contributed by atoms with Gasteiger partial charge in [-0.3, -0.25) is 0 Å². The minimum atomic E-state index is 0.407. The molecule has 88 valence electrons. The van der Waals surface area contributed by atoms with Crippen molar-refractivity contribution in [2.24, 2.45) is 5.92 Å². The molecule has 1 saturated heterocycles. The smallest absolute Gasteiger partial charge is 0.0826 e. The van der Waals surface area contributed by atoms with Crippen LogP contribution < -0.4 is 5.32 Å². The van der Waals surface area contributed by atoms with Crippen molar-refractivity contribution in [3.63, 3.8) is 0 Å². The number of nitrogens with one attached hydrogen (secondary N) is 1. The van der Waals surface area contributed by atoms with Crippen molar-refractivity contribution in [2.45, 2.75) is 31.8 Å². The first kappa shape index (κ1) is 11.4. The summed E-state index contributed by atoms with van der Waals surface area (Å²) in [7, 11) is 2.17. The van der Waals surface area contributed by atoms with E-state index in [2.05, 4.69) is 17.3 Å². The zero-order valence-corrected chi connectivity index (χ0v) is 9.87. The van der Waals surface area contributed by atoms with E-state index in [9.17, 15) is 0 Å². The average molecular weight is 212 g/mol. The molecular formula is C12H24N2O. The largest absolute Gasteiger partial charge is 0.374 e. The maximum Gasteiger partial charge on any atom is 0.0826 e. The Morgan fingerprint density at radius 3 is 3.00 bits per heavy atom. The number of morpholine rings is 1. The first-order valence-electron chi connectivity index (χ1n) is 6.35. The zero-order valence-electron chi connectivity index (χ0n) is 9.87. The van der Waals surface area contributed by atoms with Crippen LogP contribution in [0.3, 0.4) is 0 Å². The number of rotatable bonds is 6. The Kier molecular flexibility index (Phi) is 4.42. The van der Waals surface area contributed by atoms with E-state index in [1.807, 2.05) is 0 Å². The van der Waals surface area contributed by atoms with Crippen LogP contribution in [0.5, 0.6) is 0 Å². The summed E-state index contributed by atoms with van der Waals surface area (Å²) in [6, 6.07) is 0. The number of ether oxygens (including phenoxy) is 1. The van der Waals surface area contributed by atoms with Crippen LogP contribution in [0, 0.1) is 5.92 Å². The second-order valence-electron chi connectivity index (χ2n) is 5.04. The molecule has 3 heteroatoms. The third-order valence-electron chi connectivity index (χ3n) is 3.38. The Labute approximate surface area is 93.2 Å². The first-order chi connectivity index (χ1) is 7.34. The summed E-state index contributed by atoms with van der Waals surface area (Å²) >= 11 is 0. The summed E-state index contributed by atoms with van der Waals surface area (Å²) in [5.74, 6) is 1.07. The Morgan fingerprint density at radius 1 is 1.40 bits per heavy atom. The van der Waals surface area contributed by atoms with Crippen LogP contribution in [0.4, 0.5) is 0 Å². The molecule has 1 saturated carbocycles. The molecule has 15 heavy (non-hydrogen) atoms. The number of hydrogen-bond acceptors (Lipinski definition) is 3. The molecule has 2 rings (SSSR count). The van der Waals surface area contributed by atoms with Gasteiger partial charge in [0.05, 0.1) is 12.7 Å². The lowest BCUT2D eigenvalue weighted by atomic mass is 10.2. The fraction of sp³-hybridized carbons (Fsp3) is 1.00. The lowest BCUT2D eigenvalue weighted by Crippen LogP contribution is -2.44. The molecule has 2 aliphatic rings. The molecule has 0 amide bonds. The van der Waals surface area contributed by atoms with Crippen LogP contribution in [-0.2, 0) is 4.74 Å². The molecule has 1 aliphatic carbocycles. The molecule has 1 N–H and O–H groups in total. The molecule has 0 spiro atoms. The number of hydrogen-bond donors (Lipinski definition) is 1. The van der Waals surface area contributed by atoms with Gasteiger partial charge in [-0.25, -0.2) is 0 Å². The van der Waals surface area contributed by atoms with Gasteiger partial charge in [0.1, 0.15) is 0 Å². The van der Waals surface area contributed by atoms with Crippen molar-refractivity contribution in [1.82, 2.24) is 10.2 Å². The van der Waals surface area contributed by atoms with Gasteiger partial charge in [0.15, 0.2) is 0 Å². The molecular weight excluding hydrogens is 188 g/mol. The van der Waals surface area contributed by atoms with Crippen LogP contribution in [0.25, 0.3) is 0 Å². The van der Waals surface area contributed by atoms with E-state index in [-0.39, 0.29) is 0 Å². The summed E-state index contributed by atoms with van der Waals surface area (Å²) in [5, 5.41) is 3.51. The van der Waals surface area contributed by atoms with E-state index < -0.39 is 0 Å². The van der Waals surface area contributed by atoms with E-state index in [4.69, 9.17) is 4.74 Å². The van der Waals surface area contributed by atoms with E-state index in [0.717, 1.165) is 32.2 Å². The highest BCUT2D eigenvalue weighted by atomic mass is 16.5. The molecule has 0 radical (unpaired) electrons. The number of nitrogens with zero attached hydrogens (tertiary/aromatic N) is 1. The predicted octanol–water partition coefficient (Wildman–Crippen LogP) is 1.10. The van der Waals surface area contributed by atoms with E-state index in [1.165, 1.54) is 32.2 Å². The van der Waals surface area contributed by atoms with Crippen LogP contribution in [0.15, 0.2) is 0 Å².